The fourth-order valence-electron chi connectivity index (χ4n) is 3.45. The predicted molar refractivity (Wildman–Crippen MR) is 111 cm³/mol. The van der Waals surface area contributed by atoms with Gasteiger partial charge < -0.3 is 30.1 Å². The number of piperidine rings is 1. The van der Waals surface area contributed by atoms with Crippen molar-refractivity contribution in [1.82, 2.24) is 15.2 Å². The lowest BCUT2D eigenvalue weighted by Gasteiger charge is -2.30. The van der Waals surface area contributed by atoms with E-state index in [1.807, 2.05) is 30.3 Å². The van der Waals surface area contributed by atoms with Crippen molar-refractivity contribution in [2.24, 2.45) is 0 Å². The van der Waals surface area contributed by atoms with Gasteiger partial charge in [-0.2, -0.15) is 0 Å². The number of likely N-dealkylation sites (tertiary alicyclic amines) is 1. The number of pyridine rings is 1. The first-order chi connectivity index (χ1) is 14.1. The van der Waals surface area contributed by atoms with Crippen LogP contribution >= 0.6 is 0 Å². The number of nitrogens with one attached hydrogen (secondary N) is 2. The summed E-state index contributed by atoms with van der Waals surface area (Å²) in [6.07, 6.45) is 2.57. The fraction of sp³-hybridized carbons (Fsp3) is 0.429. The van der Waals surface area contributed by atoms with Crippen molar-refractivity contribution in [3.8, 4) is 11.5 Å². The maximum absolute atomic E-state index is 11.0. The average molecular weight is 400 g/mol. The zero-order valence-corrected chi connectivity index (χ0v) is 16.9. The highest BCUT2D eigenvalue weighted by Crippen LogP contribution is 2.25. The van der Waals surface area contributed by atoms with Crippen molar-refractivity contribution in [2.75, 3.05) is 32.6 Å². The number of anilines is 1. The van der Waals surface area contributed by atoms with Crippen LogP contribution in [0.3, 0.4) is 0 Å². The van der Waals surface area contributed by atoms with Gasteiger partial charge in [-0.1, -0.05) is 6.07 Å². The molecule has 1 saturated heterocycles. The van der Waals surface area contributed by atoms with Crippen LogP contribution in [-0.4, -0.2) is 54.4 Å². The molecule has 1 fully saturated rings. The number of rotatable bonds is 8. The quantitative estimate of drug-likeness (QED) is 0.627. The molecule has 1 aromatic carbocycles. The highest BCUT2D eigenvalue weighted by molar-refractivity contribution is 5.65. The van der Waals surface area contributed by atoms with Gasteiger partial charge in [0.1, 0.15) is 17.3 Å². The summed E-state index contributed by atoms with van der Waals surface area (Å²) in [6.45, 7) is 2.40. The second-order valence-electron chi connectivity index (χ2n) is 6.97. The Hall–Kier alpha value is -3.00. The molecule has 0 atom stereocenters. The molecule has 3 rings (SSSR count). The first kappa shape index (κ1) is 20.7. The standard InChI is InChI=1S/C21H28N4O4/c1-28-18-6-5-15(19(12-18)29-2)13-24-20-16(4-3-9-22-20)14-23-17-7-10-25(11-8-17)21(26)27/h3-6,9,12,17,23H,7-8,10-11,13-14H2,1-2H3,(H,22,24)(H,26,27). The SMILES string of the molecule is COc1ccc(CNc2ncccc2CNC2CCN(C(=O)O)CC2)c(OC)c1. The maximum atomic E-state index is 11.0. The molecule has 0 radical (unpaired) electrons. The van der Waals surface area contributed by atoms with E-state index in [0.29, 0.717) is 32.2 Å². The van der Waals surface area contributed by atoms with Gasteiger partial charge in [0.15, 0.2) is 0 Å². The fourth-order valence-corrected chi connectivity index (χ4v) is 3.45. The van der Waals surface area contributed by atoms with Crippen LogP contribution in [0.15, 0.2) is 36.5 Å². The second kappa shape index (κ2) is 9.97. The van der Waals surface area contributed by atoms with Crippen LogP contribution in [0.25, 0.3) is 0 Å². The molecule has 0 unspecified atom stereocenters. The second-order valence-corrected chi connectivity index (χ2v) is 6.97. The summed E-state index contributed by atoms with van der Waals surface area (Å²) in [6, 6.07) is 10.0. The molecule has 29 heavy (non-hydrogen) atoms. The highest BCUT2D eigenvalue weighted by Gasteiger charge is 2.22. The molecule has 1 amide bonds. The van der Waals surface area contributed by atoms with Gasteiger partial charge >= 0.3 is 6.09 Å². The van der Waals surface area contributed by atoms with Gasteiger partial charge in [0.05, 0.1) is 14.2 Å². The number of amides is 1. The monoisotopic (exact) mass is 400 g/mol. The van der Waals surface area contributed by atoms with E-state index in [-0.39, 0.29) is 0 Å². The van der Waals surface area contributed by atoms with Gasteiger partial charge in [0, 0.05) is 55.6 Å². The van der Waals surface area contributed by atoms with Gasteiger partial charge in [-0.25, -0.2) is 9.78 Å². The van der Waals surface area contributed by atoms with Crippen LogP contribution < -0.4 is 20.1 Å². The molecule has 0 bridgehead atoms. The molecule has 1 aromatic heterocycles. The van der Waals surface area contributed by atoms with E-state index in [0.717, 1.165) is 41.3 Å². The van der Waals surface area contributed by atoms with Gasteiger partial charge in [-0.3, -0.25) is 0 Å². The molecule has 8 nitrogen and oxygen atoms in total. The third kappa shape index (κ3) is 5.51. The Morgan fingerprint density at radius 2 is 1.97 bits per heavy atom. The minimum Gasteiger partial charge on any atom is -0.497 e. The van der Waals surface area contributed by atoms with Crippen LogP contribution in [0.1, 0.15) is 24.0 Å². The summed E-state index contributed by atoms with van der Waals surface area (Å²) >= 11 is 0. The summed E-state index contributed by atoms with van der Waals surface area (Å²) in [5.74, 6) is 2.33. The van der Waals surface area contributed by atoms with E-state index in [2.05, 4.69) is 15.6 Å². The van der Waals surface area contributed by atoms with Crippen molar-refractivity contribution in [1.29, 1.82) is 0 Å². The third-order valence-corrected chi connectivity index (χ3v) is 5.18. The van der Waals surface area contributed by atoms with Gasteiger partial charge in [-0.05, 0) is 31.0 Å². The number of aromatic nitrogens is 1. The summed E-state index contributed by atoms with van der Waals surface area (Å²) in [7, 11) is 3.27. The Labute approximate surface area is 170 Å². The molecule has 0 aliphatic carbocycles. The topological polar surface area (TPSA) is 96.0 Å². The molecule has 0 saturated carbocycles. The molecule has 2 heterocycles. The number of carbonyl (C=O) groups is 1. The minimum absolute atomic E-state index is 0.306. The zero-order chi connectivity index (χ0) is 20.6. The third-order valence-electron chi connectivity index (χ3n) is 5.18. The smallest absolute Gasteiger partial charge is 0.407 e. The molecule has 2 aromatic rings. The van der Waals surface area contributed by atoms with E-state index < -0.39 is 6.09 Å². The van der Waals surface area contributed by atoms with E-state index >= 15 is 0 Å². The van der Waals surface area contributed by atoms with Crippen LogP contribution in [0.2, 0.25) is 0 Å². The number of hydrogen-bond acceptors (Lipinski definition) is 6. The van der Waals surface area contributed by atoms with Crippen molar-refractivity contribution in [2.45, 2.75) is 32.0 Å². The Balaban J connectivity index is 1.58. The van der Waals surface area contributed by atoms with Crippen molar-refractivity contribution >= 4 is 11.9 Å². The largest absolute Gasteiger partial charge is 0.497 e. The number of hydrogen-bond donors (Lipinski definition) is 3. The minimum atomic E-state index is -0.837. The number of nitrogens with zero attached hydrogens (tertiary/aromatic N) is 2. The first-order valence-electron chi connectivity index (χ1n) is 9.70. The molecule has 3 N–H and O–H groups in total. The number of methoxy groups -OCH3 is 2. The lowest BCUT2D eigenvalue weighted by Crippen LogP contribution is -2.44. The molecular weight excluding hydrogens is 372 g/mol. The van der Waals surface area contributed by atoms with Crippen LogP contribution in [0.5, 0.6) is 11.5 Å². The summed E-state index contributed by atoms with van der Waals surface area (Å²) in [4.78, 5) is 17.0. The maximum Gasteiger partial charge on any atom is 0.407 e. The van der Waals surface area contributed by atoms with Crippen molar-refractivity contribution in [3.05, 3.63) is 47.7 Å². The Kier molecular flexibility index (Phi) is 7.13. The number of benzene rings is 1. The molecular formula is C21H28N4O4. The Morgan fingerprint density at radius 1 is 1.17 bits per heavy atom. The Bertz CT molecular complexity index is 822. The number of ether oxygens (including phenoxy) is 2. The van der Waals surface area contributed by atoms with Gasteiger partial charge in [-0.15, -0.1) is 0 Å². The van der Waals surface area contributed by atoms with Gasteiger partial charge in [0.25, 0.3) is 0 Å². The van der Waals surface area contributed by atoms with Crippen molar-refractivity contribution in [3.63, 3.8) is 0 Å². The molecule has 156 valence electrons. The average Bonchev–Trinajstić information content (AvgIpc) is 2.76. The normalized spacial score (nSPS) is 14.5. The first-order valence-corrected chi connectivity index (χ1v) is 9.70. The van der Waals surface area contributed by atoms with Crippen LogP contribution in [0, 0.1) is 0 Å². The number of carboxylic acid groups (broad SMARTS) is 1. The highest BCUT2D eigenvalue weighted by atomic mass is 16.5. The zero-order valence-electron chi connectivity index (χ0n) is 16.9. The Morgan fingerprint density at radius 3 is 2.66 bits per heavy atom. The van der Waals surface area contributed by atoms with Crippen LogP contribution in [-0.2, 0) is 13.1 Å². The van der Waals surface area contributed by atoms with Gasteiger partial charge in [0.2, 0.25) is 0 Å². The lowest BCUT2D eigenvalue weighted by atomic mass is 10.1. The molecule has 0 spiro atoms. The summed E-state index contributed by atoms with van der Waals surface area (Å²) < 4.78 is 10.7. The summed E-state index contributed by atoms with van der Waals surface area (Å²) in [5.41, 5.74) is 2.08. The molecule has 1 aliphatic heterocycles. The van der Waals surface area contributed by atoms with E-state index in [1.54, 1.807) is 20.4 Å². The van der Waals surface area contributed by atoms with E-state index in [1.165, 1.54) is 4.90 Å². The molecule has 8 heteroatoms. The van der Waals surface area contributed by atoms with E-state index in [4.69, 9.17) is 14.6 Å². The van der Waals surface area contributed by atoms with E-state index in [9.17, 15) is 4.79 Å². The predicted octanol–water partition coefficient (Wildman–Crippen LogP) is 2.94. The van der Waals surface area contributed by atoms with Crippen LogP contribution in [0.4, 0.5) is 10.6 Å². The lowest BCUT2D eigenvalue weighted by molar-refractivity contribution is 0.129. The summed E-state index contributed by atoms with van der Waals surface area (Å²) in [5, 5.41) is 16.0. The van der Waals surface area contributed by atoms with Crippen molar-refractivity contribution < 1.29 is 19.4 Å². The molecule has 1 aliphatic rings.